The zero-order valence-electron chi connectivity index (χ0n) is 12.9. The minimum absolute atomic E-state index is 0. The molecule has 1 amide bonds. The fourth-order valence-corrected chi connectivity index (χ4v) is 2.79. The van der Waals surface area contributed by atoms with Gasteiger partial charge in [-0.15, -0.1) is 12.4 Å². The van der Waals surface area contributed by atoms with Gasteiger partial charge in [-0.25, -0.2) is 8.78 Å². The Hall–Kier alpha value is -1.98. The highest BCUT2D eigenvalue weighted by Crippen LogP contribution is 2.48. The van der Waals surface area contributed by atoms with Crippen molar-refractivity contribution in [3.8, 4) is 0 Å². The predicted octanol–water partition coefficient (Wildman–Crippen LogP) is 3.31. The van der Waals surface area contributed by atoms with Crippen molar-refractivity contribution in [1.82, 2.24) is 5.32 Å². The Morgan fingerprint density at radius 1 is 1.21 bits per heavy atom. The number of hydrogen-bond acceptors (Lipinski definition) is 2. The highest BCUT2D eigenvalue weighted by atomic mass is 35.5. The number of benzene rings is 2. The van der Waals surface area contributed by atoms with Crippen molar-refractivity contribution in [3.63, 3.8) is 0 Å². The third-order valence-corrected chi connectivity index (χ3v) is 4.21. The van der Waals surface area contributed by atoms with E-state index in [1.807, 2.05) is 30.3 Å². The zero-order chi connectivity index (χ0) is 16.4. The van der Waals surface area contributed by atoms with Gasteiger partial charge in [0.1, 0.15) is 11.6 Å². The maximum atomic E-state index is 13.7. The summed E-state index contributed by atoms with van der Waals surface area (Å²) in [6, 6.07) is 12.5. The van der Waals surface area contributed by atoms with Crippen molar-refractivity contribution in [3.05, 3.63) is 71.3 Å². The Kier molecular flexibility index (Phi) is 5.91. The van der Waals surface area contributed by atoms with Gasteiger partial charge in [0.15, 0.2) is 0 Å². The average molecular weight is 353 g/mol. The SMILES string of the molecule is Cl.NC(CNC(=O)C1CC1c1cc(F)ccc1F)c1ccccc1. The monoisotopic (exact) mass is 352 g/mol. The molecule has 128 valence electrons. The summed E-state index contributed by atoms with van der Waals surface area (Å²) in [5.41, 5.74) is 7.25. The van der Waals surface area contributed by atoms with Crippen molar-refractivity contribution in [2.24, 2.45) is 11.7 Å². The summed E-state index contributed by atoms with van der Waals surface area (Å²) in [5, 5.41) is 2.80. The van der Waals surface area contributed by atoms with E-state index in [1.165, 1.54) is 6.07 Å². The quantitative estimate of drug-likeness (QED) is 0.867. The van der Waals surface area contributed by atoms with Crippen LogP contribution in [-0.4, -0.2) is 12.5 Å². The molecule has 3 N–H and O–H groups in total. The first-order chi connectivity index (χ1) is 11.1. The smallest absolute Gasteiger partial charge is 0.223 e. The van der Waals surface area contributed by atoms with Crippen LogP contribution in [0.3, 0.4) is 0 Å². The molecule has 2 aromatic rings. The van der Waals surface area contributed by atoms with E-state index in [1.54, 1.807) is 0 Å². The van der Waals surface area contributed by atoms with Crippen LogP contribution in [0.15, 0.2) is 48.5 Å². The fraction of sp³-hybridized carbons (Fsp3) is 0.278. The molecule has 1 aliphatic carbocycles. The minimum Gasteiger partial charge on any atom is -0.354 e. The minimum atomic E-state index is -0.487. The van der Waals surface area contributed by atoms with E-state index in [4.69, 9.17) is 5.73 Å². The van der Waals surface area contributed by atoms with Crippen LogP contribution in [0.1, 0.15) is 29.5 Å². The van der Waals surface area contributed by atoms with Crippen LogP contribution < -0.4 is 11.1 Å². The Bertz CT molecular complexity index is 711. The second-order valence-electron chi connectivity index (χ2n) is 5.88. The van der Waals surface area contributed by atoms with Crippen LogP contribution in [0.5, 0.6) is 0 Å². The Balaban J connectivity index is 0.00000208. The third kappa shape index (κ3) is 4.10. The van der Waals surface area contributed by atoms with Gasteiger partial charge in [-0.05, 0) is 41.7 Å². The summed E-state index contributed by atoms with van der Waals surface area (Å²) in [7, 11) is 0. The molecular formula is C18H19ClF2N2O. The maximum Gasteiger partial charge on any atom is 0.223 e. The molecule has 1 saturated carbocycles. The Morgan fingerprint density at radius 3 is 2.62 bits per heavy atom. The molecule has 0 bridgehead atoms. The van der Waals surface area contributed by atoms with Gasteiger partial charge in [-0.1, -0.05) is 30.3 Å². The van der Waals surface area contributed by atoms with E-state index in [2.05, 4.69) is 5.32 Å². The van der Waals surface area contributed by atoms with Crippen molar-refractivity contribution < 1.29 is 13.6 Å². The number of hydrogen-bond donors (Lipinski definition) is 2. The molecule has 0 spiro atoms. The summed E-state index contributed by atoms with van der Waals surface area (Å²) in [4.78, 5) is 12.1. The van der Waals surface area contributed by atoms with Crippen molar-refractivity contribution >= 4 is 18.3 Å². The third-order valence-electron chi connectivity index (χ3n) is 4.21. The fourth-order valence-electron chi connectivity index (χ4n) is 2.79. The van der Waals surface area contributed by atoms with Crippen LogP contribution in [0, 0.1) is 17.6 Å². The first-order valence-corrected chi connectivity index (χ1v) is 7.59. The summed E-state index contributed by atoms with van der Waals surface area (Å²) in [6.45, 7) is 0.317. The van der Waals surface area contributed by atoms with Gasteiger partial charge in [0.2, 0.25) is 5.91 Å². The van der Waals surface area contributed by atoms with Gasteiger partial charge < -0.3 is 11.1 Å². The van der Waals surface area contributed by atoms with Gasteiger partial charge in [0.05, 0.1) is 0 Å². The largest absolute Gasteiger partial charge is 0.354 e. The molecule has 6 heteroatoms. The van der Waals surface area contributed by atoms with Crippen LogP contribution in [0.2, 0.25) is 0 Å². The molecule has 2 aromatic carbocycles. The first kappa shape index (κ1) is 18.4. The van der Waals surface area contributed by atoms with Crippen molar-refractivity contribution in [1.29, 1.82) is 0 Å². The predicted molar refractivity (Wildman–Crippen MR) is 90.8 cm³/mol. The summed E-state index contributed by atoms with van der Waals surface area (Å²) in [5.74, 6) is -1.68. The molecule has 0 radical (unpaired) electrons. The second kappa shape index (κ2) is 7.73. The van der Waals surface area contributed by atoms with Crippen molar-refractivity contribution in [2.45, 2.75) is 18.4 Å². The van der Waals surface area contributed by atoms with Gasteiger partial charge in [0, 0.05) is 18.5 Å². The van der Waals surface area contributed by atoms with Gasteiger partial charge in [0.25, 0.3) is 0 Å². The zero-order valence-corrected chi connectivity index (χ0v) is 13.7. The summed E-state index contributed by atoms with van der Waals surface area (Å²) >= 11 is 0. The van der Waals surface area contributed by atoms with Crippen LogP contribution >= 0.6 is 12.4 Å². The number of nitrogens with two attached hydrogens (primary N) is 1. The molecule has 1 aliphatic rings. The maximum absolute atomic E-state index is 13.7. The molecule has 24 heavy (non-hydrogen) atoms. The summed E-state index contributed by atoms with van der Waals surface area (Å²) < 4.78 is 26.9. The number of nitrogens with one attached hydrogen (secondary N) is 1. The van der Waals surface area contributed by atoms with Gasteiger partial charge >= 0.3 is 0 Å². The Morgan fingerprint density at radius 2 is 1.92 bits per heavy atom. The average Bonchev–Trinajstić information content (AvgIpc) is 3.36. The standard InChI is InChI=1S/C18H18F2N2O.ClH/c19-12-6-7-16(20)14(8-12)13-9-15(13)18(23)22-10-17(21)11-4-2-1-3-5-11;/h1-8,13,15,17H,9-10,21H2,(H,22,23);1H. The van der Waals surface area contributed by atoms with Gasteiger partial charge in [-0.2, -0.15) is 0 Å². The molecule has 0 aliphatic heterocycles. The van der Waals surface area contributed by atoms with Crippen LogP contribution in [-0.2, 0) is 4.79 Å². The lowest BCUT2D eigenvalue weighted by molar-refractivity contribution is -0.122. The van der Waals surface area contributed by atoms with Gasteiger partial charge in [-0.3, -0.25) is 4.79 Å². The molecule has 3 rings (SSSR count). The molecule has 0 saturated heterocycles. The van der Waals surface area contributed by atoms with Crippen LogP contribution in [0.4, 0.5) is 8.78 Å². The first-order valence-electron chi connectivity index (χ1n) is 7.59. The van der Waals surface area contributed by atoms with E-state index in [0.29, 0.717) is 13.0 Å². The van der Waals surface area contributed by atoms with E-state index in [-0.39, 0.29) is 41.8 Å². The van der Waals surface area contributed by atoms with E-state index < -0.39 is 11.6 Å². The van der Waals surface area contributed by atoms with E-state index >= 15 is 0 Å². The number of rotatable bonds is 5. The molecule has 3 nitrogen and oxygen atoms in total. The lowest BCUT2D eigenvalue weighted by atomic mass is 10.1. The molecule has 0 aromatic heterocycles. The second-order valence-corrected chi connectivity index (χ2v) is 5.88. The molecule has 1 fully saturated rings. The van der Waals surface area contributed by atoms with Crippen molar-refractivity contribution in [2.75, 3.05) is 6.54 Å². The highest BCUT2D eigenvalue weighted by molar-refractivity contribution is 5.85. The van der Waals surface area contributed by atoms with E-state index in [0.717, 1.165) is 17.7 Å². The molecule has 3 atom stereocenters. The lowest BCUT2D eigenvalue weighted by Crippen LogP contribution is -2.33. The summed E-state index contributed by atoms with van der Waals surface area (Å²) in [6.07, 6.45) is 0.535. The number of amides is 1. The highest BCUT2D eigenvalue weighted by Gasteiger charge is 2.45. The molecule has 0 heterocycles. The Labute approximate surface area is 145 Å². The van der Waals surface area contributed by atoms with Crippen LogP contribution in [0.25, 0.3) is 0 Å². The molecular weight excluding hydrogens is 334 g/mol. The normalized spacial score (nSPS) is 20.0. The lowest BCUT2D eigenvalue weighted by Gasteiger charge is -2.13. The number of carbonyl (C=O) groups excluding carboxylic acids is 1. The number of halogens is 3. The van der Waals surface area contributed by atoms with E-state index in [9.17, 15) is 13.6 Å². The molecule has 3 unspecified atom stereocenters. The number of carbonyl (C=O) groups is 1. The topological polar surface area (TPSA) is 55.1 Å².